The first-order valence-corrected chi connectivity index (χ1v) is 8.69. The minimum Gasteiger partial charge on any atom is -0.394 e. The summed E-state index contributed by atoms with van der Waals surface area (Å²) in [5, 5.41) is 32.6. The molecule has 3 rings (SSSR count). The molecule has 1 saturated heterocycles. The number of fused-ring (bicyclic) bond motifs is 1. The maximum Gasteiger partial charge on any atom is 0.212 e. The largest absolute Gasteiger partial charge is 0.394 e. The minimum absolute atomic E-state index is 0.0629. The topological polar surface area (TPSA) is 148 Å². The maximum absolute atomic E-state index is 10.2. The molecule has 0 saturated carbocycles. The number of nitrogens with zero attached hydrogens (tertiary/aromatic N) is 4. The van der Waals surface area contributed by atoms with Crippen LogP contribution in [0.3, 0.4) is 0 Å². The molecule has 0 aromatic carbocycles. The molecule has 1 fully saturated rings. The third-order valence-corrected chi connectivity index (χ3v) is 4.51. The molecule has 3 aliphatic heterocycles. The Labute approximate surface area is 152 Å². The number of hydrogen-bond acceptors (Lipinski definition) is 10. The Bertz CT molecular complexity index is 611. The maximum atomic E-state index is 10.2. The van der Waals surface area contributed by atoms with Gasteiger partial charge >= 0.3 is 0 Å². The first-order chi connectivity index (χ1) is 11.3. The number of nitrogens with two attached hydrogens (primary N) is 1. The van der Waals surface area contributed by atoms with E-state index < -0.39 is 36.9 Å². The van der Waals surface area contributed by atoms with Gasteiger partial charge < -0.3 is 25.0 Å². The van der Waals surface area contributed by atoms with Gasteiger partial charge in [-0.2, -0.15) is 0 Å². The van der Waals surface area contributed by atoms with Gasteiger partial charge in [-0.15, -0.1) is 0 Å². The van der Waals surface area contributed by atoms with Crippen LogP contribution in [0.2, 0.25) is 0 Å². The first kappa shape index (κ1) is 18.1. The van der Waals surface area contributed by atoms with E-state index in [2.05, 4.69) is 20.3 Å². The SMILES string of the molecule is CC(C)NC1(N)N=C(I)N=C2C1=NCN2[C@@H]1O[C@H](CO)[C@@H](O)[C@H]1O. The van der Waals surface area contributed by atoms with Gasteiger partial charge in [-0.25, -0.2) is 9.98 Å². The van der Waals surface area contributed by atoms with Gasteiger partial charge in [0.1, 0.15) is 30.7 Å². The van der Waals surface area contributed by atoms with Crippen molar-refractivity contribution in [1.29, 1.82) is 0 Å². The number of aliphatic hydroxyl groups excluding tert-OH is 3. The van der Waals surface area contributed by atoms with Gasteiger partial charge in [0.25, 0.3) is 0 Å². The van der Waals surface area contributed by atoms with Crippen molar-refractivity contribution in [2.45, 2.75) is 50.2 Å². The fourth-order valence-corrected chi connectivity index (χ4v) is 3.63. The zero-order chi connectivity index (χ0) is 17.6. The van der Waals surface area contributed by atoms with Crippen molar-refractivity contribution in [3.05, 3.63) is 0 Å². The van der Waals surface area contributed by atoms with Crippen LogP contribution in [0, 0.1) is 0 Å². The monoisotopic (exact) mass is 452 g/mol. The molecule has 5 atom stereocenters. The van der Waals surface area contributed by atoms with Crippen LogP contribution in [0.5, 0.6) is 0 Å². The normalized spacial score (nSPS) is 39.0. The van der Waals surface area contributed by atoms with Gasteiger partial charge in [-0.05, 0) is 13.8 Å². The van der Waals surface area contributed by atoms with Crippen molar-refractivity contribution in [1.82, 2.24) is 10.2 Å². The Hall–Kier alpha value is -0.700. The molecule has 10 nitrogen and oxygen atoms in total. The highest BCUT2D eigenvalue weighted by molar-refractivity contribution is 14.1. The van der Waals surface area contributed by atoms with E-state index in [1.807, 2.05) is 36.4 Å². The number of ether oxygens (including phenoxy) is 1. The summed E-state index contributed by atoms with van der Waals surface area (Å²) in [6.45, 7) is 3.67. The molecule has 1 unspecified atom stereocenters. The third-order valence-electron chi connectivity index (χ3n) is 4.03. The number of amidine groups is 2. The van der Waals surface area contributed by atoms with Crippen LogP contribution in [-0.4, -0.2) is 85.3 Å². The molecule has 6 N–H and O–H groups in total. The van der Waals surface area contributed by atoms with Crippen molar-refractivity contribution in [2.24, 2.45) is 20.7 Å². The molecule has 0 radical (unpaired) electrons. The number of halogens is 1. The number of rotatable bonds is 4. The molecule has 134 valence electrons. The lowest BCUT2D eigenvalue weighted by Gasteiger charge is -2.34. The summed E-state index contributed by atoms with van der Waals surface area (Å²) in [7, 11) is 0. The van der Waals surface area contributed by atoms with Crippen molar-refractivity contribution >= 4 is 38.0 Å². The summed E-state index contributed by atoms with van der Waals surface area (Å²) in [5.41, 5.74) is 6.83. The van der Waals surface area contributed by atoms with E-state index >= 15 is 0 Å². The van der Waals surface area contributed by atoms with E-state index in [9.17, 15) is 15.3 Å². The Kier molecular flexibility index (Phi) is 4.94. The average Bonchev–Trinajstić information content (AvgIpc) is 3.01. The summed E-state index contributed by atoms with van der Waals surface area (Å²) in [6, 6.07) is 0.0629. The minimum atomic E-state index is -1.21. The van der Waals surface area contributed by atoms with Crippen LogP contribution in [0.15, 0.2) is 15.0 Å². The molecule has 0 spiro atoms. The molecule has 0 amide bonds. The molecule has 3 aliphatic rings. The second kappa shape index (κ2) is 6.55. The highest BCUT2D eigenvalue weighted by Gasteiger charge is 2.51. The van der Waals surface area contributed by atoms with E-state index in [1.54, 1.807) is 4.90 Å². The lowest BCUT2D eigenvalue weighted by molar-refractivity contribution is -0.0688. The smallest absolute Gasteiger partial charge is 0.212 e. The standard InChI is InChI=1S/C13H21IN6O4/c1-5(2)18-13(15)9-10(17-12(14)19-13)20(4-16-9)11-8(23)7(22)6(3-21)24-11/h5-8,11,18,21-23H,3-4,15H2,1-2H3/t6-,7-,8-,11-,13?/m1/s1. The van der Waals surface area contributed by atoms with Gasteiger partial charge in [-0.1, -0.05) is 0 Å². The van der Waals surface area contributed by atoms with Crippen molar-refractivity contribution in [3.8, 4) is 0 Å². The first-order valence-electron chi connectivity index (χ1n) is 7.62. The van der Waals surface area contributed by atoms with E-state index in [-0.39, 0.29) is 12.7 Å². The van der Waals surface area contributed by atoms with Crippen molar-refractivity contribution in [3.63, 3.8) is 0 Å². The fourth-order valence-electron chi connectivity index (χ4n) is 3.02. The van der Waals surface area contributed by atoms with E-state index in [1.165, 1.54) is 0 Å². The van der Waals surface area contributed by atoms with Crippen LogP contribution in [0.25, 0.3) is 0 Å². The van der Waals surface area contributed by atoms with Crippen LogP contribution < -0.4 is 11.1 Å². The molecule has 0 aromatic heterocycles. The zero-order valence-electron chi connectivity index (χ0n) is 13.3. The molecular weight excluding hydrogens is 431 g/mol. The average molecular weight is 452 g/mol. The van der Waals surface area contributed by atoms with E-state index in [0.717, 1.165) is 0 Å². The number of aliphatic hydroxyl groups is 3. The van der Waals surface area contributed by atoms with Gasteiger partial charge in [-0.3, -0.25) is 16.0 Å². The number of aliphatic imine (C=N–C) groups is 3. The molecule has 0 aromatic rings. The second-order valence-electron chi connectivity index (χ2n) is 6.23. The summed E-state index contributed by atoms with van der Waals surface area (Å²) in [5.74, 6) is -0.769. The van der Waals surface area contributed by atoms with Crippen LogP contribution in [-0.2, 0) is 4.74 Å². The van der Waals surface area contributed by atoms with E-state index in [4.69, 9.17) is 10.5 Å². The summed E-state index contributed by atoms with van der Waals surface area (Å²) < 4.78 is 6.01. The van der Waals surface area contributed by atoms with Crippen LogP contribution in [0.1, 0.15) is 13.8 Å². The highest BCUT2D eigenvalue weighted by atomic mass is 127. The predicted octanol–water partition coefficient (Wildman–Crippen LogP) is -2.05. The summed E-state index contributed by atoms with van der Waals surface area (Å²) in [6.07, 6.45) is -4.11. The van der Waals surface area contributed by atoms with Crippen molar-refractivity contribution in [2.75, 3.05) is 13.3 Å². The Balaban J connectivity index is 1.88. The Morgan fingerprint density at radius 1 is 1.46 bits per heavy atom. The van der Waals surface area contributed by atoms with E-state index in [0.29, 0.717) is 15.4 Å². The second-order valence-corrected chi connectivity index (χ2v) is 7.19. The molecular formula is C13H21IN6O4. The van der Waals surface area contributed by atoms with Gasteiger partial charge in [0.15, 0.2) is 15.9 Å². The summed E-state index contributed by atoms with van der Waals surface area (Å²) >= 11 is 1.97. The third kappa shape index (κ3) is 2.98. The molecule has 0 bridgehead atoms. The van der Waals surface area contributed by atoms with Crippen LogP contribution in [0.4, 0.5) is 0 Å². The number of hydrogen-bond donors (Lipinski definition) is 5. The van der Waals surface area contributed by atoms with Gasteiger partial charge in [0.05, 0.1) is 6.61 Å². The molecule has 0 aliphatic carbocycles. The Morgan fingerprint density at radius 2 is 2.17 bits per heavy atom. The van der Waals surface area contributed by atoms with Crippen molar-refractivity contribution < 1.29 is 20.1 Å². The quantitative estimate of drug-likeness (QED) is 0.187. The number of nitrogens with one attached hydrogen (secondary N) is 1. The predicted molar refractivity (Wildman–Crippen MR) is 96.0 cm³/mol. The van der Waals surface area contributed by atoms with Gasteiger partial charge in [0, 0.05) is 28.6 Å². The molecule has 3 heterocycles. The zero-order valence-corrected chi connectivity index (χ0v) is 15.5. The van der Waals surface area contributed by atoms with Crippen LogP contribution >= 0.6 is 22.6 Å². The lowest BCUT2D eigenvalue weighted by Crippen LogP contribution is -2.65. The lowest BCUT2D eigenvalue weighted by atomic mass is 10.1. The molecule has 11 heteroatoms. The highest BCUT2D eigenvalue weighted by Crippen LogP contribution is 2.29. The molecule has 24 heavy (non-hydrogen) atoms. The van der Waals surface area contributed by atoms with Gasteiger partial charge in [0.2, 0.25) is 5.79 Å². The summed E-state index contributed by atoms with van der Waals surface area (Å²) in [4.78, 5) is 14.8. The Morgan fingerprint density at radius 3 is 2.75 bits per heavy atom. The fraction of sp³-hybridized carbons (Fsp3) is 0.769.